The van der Waals surface area contributed by atoms with Crippen LogP contribution in [0.1, 0.15) is 11.1 Å². The zero-order valence-electron chi connectivity index (χ0n) is 7.01. The molecule has 0 bridgehead atoms. The summed E-state index contributed by atoms with van der Waals surface area (Å²) >= 11 is 0. The third-order valence-electron chi connectivity index (χ3n) is 1.86. The summed E-state index contributed by atoms with van der Waals surface area (Å²) in [5, 5.41) is 9.26. The molecule has 1 heterocycles. The van der Waals surface area contributed by atoms with Gasteiger partial charge in [0.15, 0.2) is 0 Å². The normalized spacial score (nSPS) is 16.0. The summed E-state index contributed by atoms with van der Waals surface area (Å²) in [6, 6.07) is 5.27. The second-order valence-corrected chi connectivity index (χ2v) is 2.79. The lowest BCUT2D eigenvalue weighted by molar-refractivity contribution is 0.475. The fourth-order valence-electron chi connectivity index (χ4n) is 1.23. The minimum atomic E-state index is 0.286. The molecule has 0 amide bonds. The standard InChI is InChI=1S/C11H9NO/c13-11-4-3-9-5-7-12-6-1-2-10(9)8-11/h1-8,13H/b2-1-,6-1?,7-5?,9-5?,10-2?,12-6?,12-7?. The van der Waals surface area contributed by atoms with Gasteiger partial charge in [-0.2, -0.15) is 0 Å². The molecule has 1 aromatic rings. The Labute approximate surface area is 76.6 Å². The average Bonchev–Trinajstić information content (AvgIpc) is 2.08. The van der Waals surface area contributed by atoms with Crippen molar-refractivity contribution >= 4 is 18.4 Å². The lowest BCUT2D eigenvalue weighted by Gasteiger charge is -2.02. The number of benzene rings is 1. The van der Waals surface area contributed by atoms with Crippen LogP contribution in [0.5, 0.6) is 5.75 Å². The average molecular weight is 171 g/mol. The minimum Gasteiger partial charge on any atom is -0.508 e. The van der Waals surface area contributed by atoms with Gasteiger partial charge in [-0.05, 0) is 35.4 Å². The number of aliphatic imine (C=N–C) groups is 1. The van der Waals surface area contributed by atoms with Crippen molar-refractivity contribution in [3.8, 4) is 5.75 Å². The van der Waals surface area contributed by atoms with E-state index in [1.807, 2.05) is 24.3 Å². The highest BCUT2D eigenvalue weighted by molar-refractivity contribution is 5.82. The molecule has 0 radical (unpaired) electrons. The number of fused-ring (bicyclic) bond motifs is 1. The van der Waals surface area contributed by atoms with Crippen LogP contribution in [0.15, 0.2) is 35.5 Å². The first kappa shape index (κ1) is 7.80. The molecule has 1 aromatic carbocycles. The zero-order chi connectivity index (χ0) is 9.10. The summed E-state index contributed by atoms with van der Waals surface area (Å²) in [6.07, 6.45) is 9.13. The molecule has 0 atom stereocenters. The molecule has 13 heavy (non-hydrogen) atoms. The maximum Gasteiger partial charge on any atom is 0.116 e. The quantitative estimate of drug-likeness (QED) is 0.639. The Morgan fingerprint density at radius 3 is 2.92 bits per heavy atom. The van der Waals surface area contributed by atoms with Crippen molar-refractivity contribution in [3.05, 3.63) is 41.6 Å². The van der Waals surface area contributed by atoms with Crippen molar-refractivity contribution in [2.24, 2.45) is 4.99 Å². The van der Waals surface area contributed by atoms with Gasteiger partial charge < -0.3 is 5.11 Å². The van der Waals surface area contributed by atoms with Crippen molar-refractivity contribution in [2.45, 2.75) is 0 Å². The molecule has 0 aromatic heterocycles. The van der Waals surface area contributed by atoms with Gasteiger partial charge in [0.2, 0.25) is 0 Å². The third-order valence-corrected chi connectivity index (χ3v) is 1.86. The summed E-state index contributed by atoms with van der Waals surface area (Å²) in [5.74, 6) is 0.286. The summed E-state index contributed by atoms with van der Waals surface area (Å²) in [7, 11) is 0. The molecule has 0 aliphatic carbocycles. The van der Waals surface area contributed by atoms with Crippen molar-refractivity contribution in [3.63, 3.8) is 0 Å². The molecule has 1 aliphatic heterocycles. The van der Waals surface area contributed by atoms with Gasteiger partial charge in [-0.15, -0.1) is 0 Å². The van der Waals surface area contributed by atoms with Crippen molar-refractivity contribution in [1.82, 2.24) is 0 Å². The Morgan fingerprint density at radius 1 is 1.08 bits per heavy atom. The Bertz CT molecular complexity index is 403. The van der Waals surface area contributed by atoms with E-state index in [-0.39, 0.29) is 5.75 Å². The Kier molecular flexibility index (Phi) is 1.96. The predicted octanol–water partition coefficient (Wildman–Crippen LogP) is 2.46. The Balaban J connectivity index is 2.56. The van der Waals surface area contributed by atoms with Gasteiger partial charge >= 0.3 is 0 Å². The van der Waals surface area contributed by atoms with Crippen LogP contribution in [-0.2, 0) is 0 Å². The lowest BCUT2D eigenvalue weighted by Crippen LogP contribution is -1.82. The molecule has 64 valence electrons. The number of nitrogens with zero attached hydrogens (tertiary/aromatic N) is 1. The molecule has 1 N–H and O–H groups in total. The first-order valence-corrected chi connectivity index (χ1v) is 4.06. The van der Waals surface area contributed by atoms with E-state index in [2.05, 4.69) is 4.99 Å². The van der Waals surface area contributed by atoms with Crippen molar-refractivity contribution in [1.29, 1.82) is 0 Å². The van der Waals surface area contributed by atoms with Crippen LogP contribution in [-0.4, -0.2) is 11.3 Å². The van der Waals surface area contributed by atoms with Gasteiger partial charge in [0.25, 0.3) is 0 Å². The number of hydrogen-bond acceptors (Lipinski definition) is 2. The van der Waals surface area contributed by atoms with Gasteiger partial charge in [0.05, 0.1) is 0 Å². The fraction of sp³-hybridized carbons (Fsp3) is 0. The Morgan fingerprint density at radius 2 is 2.00 bits per heavy atom. The number of rotatable bonds is 0. The maximum absolute atomic E-state index is 9.26. The van der Waals surface area contributed by atoms with Gasteiger partial charge in [-0.25, -0.2) is 0 Å². The van der Waals surface area contributed by atoms with E-state index >= 15 is 0 Å². The first-order chi connectivity index (χ1) is 6.36. The van der Waals surface area contributed by atoms with Crippen LogP contribution < -0.4 is 0 Å². The summed E-state index contributed by atoms with van der Waals surface area (Å²) in [4.78, 5) is 4.00. The van der Waals surface area contributed by atoms with Crippen LogP contribution in [0.2, 0.25) is 0 Å². The molecule has 0 spiro atoms. The van der Waals surface area contributed by atoms with Gasteiger partial charge in [-0.1, -0.05) is 12.1 Å². The molecule has 2 heteroatoms. The second kappa shape index (κ2) is 3.27. The largest absolute Gasteiger partial charge is 0.508 e. The zero-order valence-corrected chi connectivity index (χ0v) is 7.01. The number of allylic oxidation sites excluding steroid dienone is 1. The van der Waals surface area contributed by atoms with E-state index in [1.165, 1.54) is 0 Å². The molecule has 1 aliphatic rings. The third kappa shape index (κ3) is 1.67. The highest BCUT2D eigenvalue weighted by atomic mass is 16.3. The number of hydrogen-bond donors (Lipinski definition) is 1. The highest BCUT2D eigenvalue weighted by Crippen LogP contribution is 2.19. The number of phenols is 1. The van der Waals surface area contributed by atoms with E-state index in [0.717, 1.165) is 11.1 Å². The summed E-state index contributed by atoms with van der Waals surface area (Å²) in [6.45, 7) is 0. The molecular formula is C11H9NO. The van der Waals surface area contributed by atoms with Crippen LogP contribution in [0, 0.1) is 0 Å². The number of phenolic OH excluding ortho intramolecular Hbond substituents is 1. The van der Waals surface area contributed by atoms with Crippen molar-refractivity contribution in [2.75, 3.05) is 0 Å². The molecule has 2 nitrogen and oxygen atoms in total. The van der Waals surface area contributed by atoms with E-state index in [4.69, 9.17) is 0 Å². The predicted molar refractivity (Wildman–Crippen MR) is 54.7 cm³/mol. The second-order valence-electron chi connectivity index (χ2n) is 2.79. The van der Waals surface area contributed by atoms with E-state index < -0.39 is 0 Å². The van der Waals surface area contributed by atoms with E-state index in [0.29, 0.717) is 0 Å². The molecule has 0 fully saturated rings. The summed E-state index contributed by atoms with van der Waals surface area (Å²) in [5.41, 5.74) is 2.06. The van der Waals surface area contributed by atoms with Crippen LogP contribution >= 0.6 is 0 Å². The molecule has 2 rings (SSSR count). The van der Waals surface area contributed by atoms with E-state index in [9.17, 15) is 5.11 Å². The van der Waals surface area contributed by atoms with Crippen LogP contribution in [0.3, 0.4) is 0 Å². The monoisotopic (exact) mass is 171 g/mol. The van der Waals surface area contributed by atoms with Gasteiger partial charge in [0, 0.05) is 12.4 Å². The highest BCUT2D eigenvalue weighted by Gasteiger charge is 1.97. The SMILES string of the molecule is Oc1ccc2c(c1)/C=C\C=NC=C2. The minimum absolute atomic E-state index is 0.286. The maximum atomic E-state index is 9.26. The van der Waals surface area contributed by atoms with E-state index in [1.54, 1.807) is 24.5 Å². The fourth-order valence-corrected chi connectivity index (χ4v) is 1.23. The molecular weight excluding hydrogens is 162 g/mol. The van der Waals surface area contributed by atoms with Gasteiger partial charge in [0.1, 0.15) is 5.75 Å². The van der Waals surface area contributed by atoms with Gasteiger partial charge in [-0.3, -0.25) is 4.99 Å². The lowest BCUT2D eigenvalue weighted by atomic mass is 10.1. The summed E-state index contributed by atoms with van der Waals surface area (Å²) < 4.78 is 0. The molecule has 0 saturated heterocycles. The topological polar surface area (TPSA) is 32.6 Å². The molecule has 0 saturated carbocycles. The first-order valence-electron chi connectivity index (χ1n) is 4.06. The van der Waals surface area contributed by atoms with Crippen molar-refractivity contribution < 1.29 is 5.11 Å². The van der Waals surface area contributed by atoms with Crippen LogP contribution in [0.25, 0.3) is 12.2 Å². The number of aromatic hydroxyl groups is 1. The Hall–Kier alpha value is -1.83. The smallest absolute Gasteiger partial charge is 0.116 e. The molecule has 0 unspecified atom stereocenters. The van der Waals surface area contributed by atoms with Crippen LogP contribution in [0.4, 0.5) is 0 Å².